The van der Waals surface area contributed by atoms with Crippen molar-refractivity contribution in [2.24, 2.45) is 0 Å². The Morgan fingerprint density at radius 2 is 0.968 bits per heavy atom. The zero-order valence-corrected chi connectivity index (χ0v) is 33.5. The summed E-state index contributed by atoms with van der Waals surface area (Å²) < 4.78 is 15.6. The van der Waals surface area contributed by atoms with Crippen LogP contribution in [0.2, 0.25) is 0 Å². The number of aromatic nitrogens is 1. The highest BCUT2D eigenvalue weighted by atomic mass is 16.3. The Balaban J connectivity index is 1.01. The molecule has 0 spiro atoms. The van der Waals surface area contributed by atoms with Crippen LogP contribution in [0.5, 0.6) is 0 Å². The summed E-state index contributed by atoms with van der Waals surface area (Å²) in [6, 6.07) is 77.9. The molecule has 0 atom stereocenters. The van der Waals surface area contributed by atoms with Crippen LogP contribution in [0.4, 0.5) is 17.1 Å². The quantitative estimate of drug-likeness (QED) is 0.168. The van der Waals surface area contributed by atoms with Crippen LogP contribution in [-0.2, 0) is 0 Å². The second kappa shape index (κ2) is 13.6. The molecule has 0 aliphatic rings. The Kier molecular flexibility index (Phi) is 7.57. The topological polar surface area (TPSA) is 34.5 Å². The summed E-state index contributed by atoms with van der Waals surface area (Å²) >= 11 is 0. The lowest BCUT2D eigenvalue weighted by Gasteiger charge is -2.27. The van der Waals surface area contributed by atoms with Crippen LogP contribution >= 0.6 is 0 Å². The van der Waals surface area contributed by atoms with Crippen LogP contribution in [0.25, 0.3) is 104 Å². The molecule has 0 saturated heterocycles. The fraction of sp³-hybridized carbons (Fsp3) is 0. The first-order chi connectivity index (χ1) is 30.7. The fourth-order valence-electron chi connectivity index (χ4n) is 9.79. The minimum Gasteiger partial charge on any atom is -0.456 e. The molecule has 4 heteroatoms. The van der Waals surface area contributed by atoms with Crippen molar-refractivity contribution in [2.75, 3.05) is 4.90 Å². The molecule has 0 saturated carbocycles. The second-order valence-corrected chi connectivity index (χ2v) is 16.0. The molecule has 13 rings (SSSR count). The van der Waals surface area contributed by atoms with Crippen molar-refractivity contribution in [3.63, 3.8) is 0 Å². The number of nitrogens with zero attached hydrogens (tertiary/aromatic N) is 2. The van der Waals surface area contributed by atoms with Crippen molar-refractivity contribution in [2.45, 2.75) is 0 Å². The molecule has 3 aromatic heterocycles. The summed E-state index contributed by atoms with van der Waals surface area (Å²) in [7, 11) is 0. The summed E-state index contributed by atoms with van der Waals surface area (Å²) in [5.41, 5.74) is 14.5. The van der Waals surface area contributed by atoms with Gasteiger partial charge in [-0.2, -0.15) is 0 Å². The molecule has 0 radical (unpaired) electrons. The average Bonchev–Trinajstić information content (AvgIpc) is 4.02. The lowest BCUT2D eigenvalue weighted by Crippen LogP contribution is -2.10. The zero-order chi connectivity index (χ0) is 40.7. The Hall–Kier alpha value is -8.34. The molecule has 3 heterocycles. The standard InChI is InChI=1S/C58H36N2O2/c1-2-14-39-35-43(32-27-37(39)13-1)59(42-16-11-15-40(36-42)44-21-12-26-55-56(44)48-19-5-9-24-53(48)61-55)52-34-33-45(58-57(52)49-20-6-10-25-54(49)62-58)38-28-30-41(31-29-38)60-50-22-7-3-17-46(50)47-18-4-8-23-51(47)60/h1-36H. The number of benzene rings is 10. The maximum atomic E-state index is 6.92. The number of hydrogen-bond donors (Lipinski definition) is 0. The highest BCUT2D eigenvalue weighted by Gasteiger charge is 2.23. The number of furan rings is 2. The second-order valence-electron chi connectivity index (χ2n) is 16.0. The normalized spacial score (nSPS) is 11.9. The molecule has 62 heavy (non-hydrogen) atoms. The Morgan fingerprint density at radius 3 is 1.74 bits per heavy atom. The highest BCUT2D eigenvalue weighted by Crippen LogP contribution is 2.48. The molecule has 0 aliphatic heterocycles. The first-order valence-corrected chi connectivity index (χ1v) is 21.1. The van der Waals surface area contributed by atoms with Crippen molar-refractivity contribution >= 4 is 93.5 Å². The molecule has 4 nitrogen and oxygen atoms in total. The van der Waals surface area contributed by atoms with Gasteiger partial charge in [-0.25, -0.2) is 0 Å². The van der Waals surface area contributed by atoms with Crippen molar-refractivity contribution in [3.8, 4) is 27.9 Å². The molecule has 0 amide bonds. The van der Waals surface area contributed by atoms with Gasteiger partial charge in [0.25, 0.3) is 0 Å². The number of para-hydroxylation sites is 4. The van der Waals surface area contributed by atoms with Gasteiger partial charge in [0.15, 0.2) is 0 Å². The van der Waals surface area contributed by atoms with Gasteiger partial charge >= 0.3 is 0 Å². The van der Waals surface area contributed by atoms with E-state index in [-0.39, 0.29) is 0 Å². The van der Waals surface area contributed by atoms with Gasteiger partial charge in [-0.15, -0.1) is 0 Å². The number of rotatable bonds is 6. The maximum absolute atomic E-state index is 6.92. The molecular formula is C58H36N2O2. The monoisotopic (exact) mass is 792 g/mol. The third-order valence-electron chi connectivity index (χ3n) is 12.6. The van der Waals surface area contributed by atoms with E-state index in [9.17, 15) is 0 Å². The summed E-state index contributed by atoms with van der Waals surface area (Å²) in [5.74, 6) is 0. The van der Waals surface area contributed by atoms with Gasteiger partial charge in [0.2, 0.25) is 0 Å². The van der Waals surface area contributed by atoms with E-state index in [0.717, 1.165) is 88.9 Å². The third kappa shape index (κ3) is 5.27. The van der Waals surface area contributed by atoms with E-state index >= 15 is 0 Å². The molecule has 10 aromatic carbocycles. The van der Waals surface area contributed by atoms with Gasteiger partial charge in [0.1, 0.15) is 22.3 Å². The summed E-state index contributed by atoms with van der Waals surface area (Å²) in [5, 5.41) is 9.23. The van der Waals surface area contributed by atoms with Crippen molar-refractivity contribution in [1.29, 1.82) is 0 Å². The SMILES string of the molecule is c1cc(-c2cccc3oc4ccccc4c23)cc(N(c2ccc3ccccc3c2)c2ccc(-c3ccc(-n4c5ccccc5c5ccccc54)cc3)c3oc4ccccc4c23)c1. The molecule has 0 aliphatic carbocycles. The molecular weight excluding hydrogens is 757 g/mol. The van der Waals surface area contributed by atoms with Gasteiger partial charge in [-0.3, -0.25) is 0 Å². The Labute approximate surface area is 356 Å². The van der Waals surface area contributed by atoms with Crippen LogP contribution in [0.1, 0.15) is 0 Å². The Bertz CT molecular complexity index is 3830. The van der Waals surface area contributed by atoms with E-state index in [2.05, 4.69) is 216 Å². The highest BCUT2D eigenvalue weighted by molar-refractivity contribution is 6.18. The van der Waals surface area contributed by atoms with Crippen LogP contribution in [0.15, 0.2) is 227 Å². The summed E-state index contributed by atoms with van der Waals surface area (Å²) in [4.78, 5) is 2.39. The molecule has 0 fully saturated rings. The van der Waals surface area contributed by atoms with Gasteiger partial charge in [0, 0.05) is 49.6 Å². The van der Waals surface area contributed by atoms with Crippen LogP contribution in [0, 0.1) is 0 Å². The van der Waals surface area contributed by atoms with Crippen molar-refractivity contribution < 1.29 is 8.83 Å². The lowest BCUT2D eigenvalue weighted by atomic mass is 9.97. The summed E-state index contributed by atoms with van der Waals surface area (Å²) in [6.45, 7) is 0. The van der Waals surface area contributed by atoms with Crippen molar-refractivity contribution in [1.82, 2.24) is 4.57 Å². The number of hydrogen-bond acceptors (Lipinski definition) is 3. The molecule has 0 unspecified atom stereocenters. The van der Waals surface area contributed by atoms with Gasteiger partial charge in [-0.1, -0.05) is 140 Å². The van der Waals surface area contributed by atoms with E-state index in [1.54, 1.807) is 0 Å². The van der Waals surface area contributed by atoms with Crippen LogP contribution in [0.3, 0.4) is 0 Å². The molecule has 290 valence electrons. The molecule has 13 aromatic rings. The van der Waals surface area contributed by atoms with E-state index in [4.69, 9.17) is 8.83 Å². The average molecular weight is 793 g/mol. The van der Waals surface area contributed by atoms with Gasteiger partial charge < -0.3 is 18.3 Å². The van der Waals surface area contributed by atoms with Gasteiger partial charge in [-0.05, 0) is 106 Å². The first-order valence-electron chi connectivity index (χ1n) is 21.1. The molecule has 0 bridgehead atoms. The fourth-order valence-corrected chi connectivity index (χ4v) is 9.79. The molecule has 0 N–H and O–H groups in total. The third-order valence-corrected chi connectivity index (χ3v) is 12.6. The number of anilines is 3. The van der Waals surface area contributed by atoms with Crippen LogP contribution in [-0.4, -0.2) is 4.57 Å². The van der Waals surface area contributed by atoms with E-state index in [0.29, 0.717) is 0 Å². The largest absolute Gasteiger partial charge is 0.456 e. The maximum Gasteiger partial charge on any atom is 0.145 e. The van der Waals surface area contributed by atoms with E-state index in [1.165, 1.54) is 32.6 Å². The first kappa shape index (κ1) is 34.5. The lowest BCUT2D eigenvalue weighted by molar-refractivity contribution is 0.669. The van der Waals surface area contributed by atoms with E-state index < -0.39 is 0 Å². The minimum atomic E-state index is 0.851. The van der Waals surface area contributed by atoms with Gasteiger partial charge in [0.05, 0.1) is 22.1 Å². The van der Waals surface area contributed by atoms with Crippen molar-refractivity contribution in [3.05, 3.63) is 218 Å². The zero-order valence-electron chi connectivity index (χ0n) is 33.5. The smallest absolute Gasteiger partial charge is 0.145 e. The van der Waals surface area contributed by atoms with Crippen LogP contribution < -0.4 is 4.90 Å². The number of fused-ring (bicyclic) bond motifs is 10. The van der Waals surface area contributed by atoms with E-state index in [1.807, 2.05) is 12.1 Å². The Morgan fingerprint density at radius 1 is 0.355 bits per heavy atom. The summed E-state index contributed by atoms with van der Waals surface area (Å²) in [6.07, 6.45) is 0. The minimum absolute atomic E-state index is 0.851. The predicted molar refractivity (Wildman–Crippen MR) is 258 cm³/mol. The predicted octanol–water partition coefficient (Wildman–Crippen LogP) is 16.5.